The molecule has 1 aromatic carbocycles. The Balaban J connectivity index is 1.85. The first-order valence-corrected chi connectivity index (χ1v) is 8.53. The third-order valence-electron chi connectivity index (χ3n) is 3.66. The normalized spacial score (nSPS) is 11.3. The fraction of sp³-hybridized carbons (Fsp3) is 0.389. The highest BCUT2D eigenvalue weighted by Gasteiger charge is 2.08. The summed E-state index contributed by atoms with van der Waals surface area (Å²) in [5.41, 5.74) is 1.61. The van der Waals surface area contributed by atoms with Crippen LogP contribution in [-0.2, 0) is 13.6 Å². The summed E-state index contributed by atoms with van der Waals surface area (Å²) in [6.45, 7) is 4.36. The van der Waals surface area contributed by atoms with Gasteiger partial charge in [0.1, 0.15) is 5.75 Å². The number of guanidine groups is 1. The van der Waals surface area contributed by atoms with E-state index in [2.05, 4.69) is 20.7 Å². The third-order valence-corrected chi connectivity index (χ3v) is 3.66. The molecule has 8 heteroatoms. The van der Waals surface area contributed by atoms with Crippen LogP contribution in [0.15, 0.2) is 41.7 Å². The van der Waals surface area contributed by atoms with E-state index in [1.54, 1.807) is 16.8 Å². The zero-order valence-electron chi connectivity index (χ0n) is 15.4. The molecule has 140 valence electrons. The molecular formula is C18H26N6O2. The maximum Gasteiger partial charge on any atom is 0.251 e. The van der Waals surface area contributed by atoms with Crippen molar-refractivity contribution < 1.29 is 9.90 Å². The molecule has 2 rings (SSSR count). The van der Waals surface area contributed by atoms with E-state index in [1.807, 2.05) is 38.3 Å². The minimum Gasteiger partial charge on any atom is -0.508 e. The molecule has 0 bridgehead atoms. The van der Waals surface area contributed by atoms with Gasteiger partial charge in [0.05, 0.1) is 12.7 Å². The summed E-state index contributed by atoms with van der Waals surface area (Å²) in [6.07, 6.45) is 3.80. The number of benzene rings is 1. The average molecular weight is 358 g/mol. The number of aryl methyl sites for hydroxylation is 1. The molecule has 1 heterocycles. The lowest BCUT2D eigenvalue weighted by molar-refractivity contribution is 0.0955. The second kappa shape index (κ2) is 9.45. The van der Waals surface area contributed by atoms with Crippen molar-refractivity contribution in [2.24, 2.45) is 12.0 Å². The minimum atomic E-state index is -0.186. The number of aromatic hydroxyl groups is 1. The maximum absolute atomic E-state index is 12.0. The van der Waals surface area contributed by atoms with Crippen LogP contribution in [0.4, 0.5) is 0 Å². The van der Waals surface area contributed by atoms with Gasteiger partial charge in [0, 0.05) is 51.1 Å². The van der Waals surface area contributed by atoms with E-state index in [0.29, 0.717) is 25.2 Å². The van der Waals surface area contributed by atoms with Gasteiger partial charge in [0.15, 0.2) is 5.96 Å². The number of carbonyl (C=O) groups is 1. The molecule has 3 N–H and O–H groups in total. The van der Waals surface area contributed by atoms with E-state index in [4.69, 9.17) is 0 Å². The van der Waals surface area contributed by atoms with Gasteiger partial charge in [-0.05, 0) is 31.2 Å². The molecule has 0 atom stereocenters. The molecule has 0 saturated carbocycles. The van der Waals surface area contributed by atoms with E-state index in [0.717, 1.165) is 18.1 Å². The lowest BCUT2D eigenvalue weighted by Gasteiger charge is -2.21. The summed E-state index contributed by atoms with van der Waals surface area (Å²) < 4.78 is 1.77. The standard InChI is InChI=1S/C18H26N6O2/c1-4-19-18(23(2)12-14-11-22-24(3)13-14)21-10-9-20-17(26)15-5-7-16(25)8-6-15/h5-8,11,13,25H,4,9-10,12H2,1-3H3,(H,19,21)(H,20,26). The van der Waals surface area contributed by atoms with Crippen molar-refractivity contribution in [2.75, 3.05) is 26.7 Å². The third kappa shape index (κ3) is 5.80. The first-order chi connectivity index (χ1) is 12.5. The molecule has 0 radical (unpaired) electrons. The van der Waals surface area contributed by atoms with Crippen molar-refractivity contribution in [1.29, 1.82) is 0 Å². The Morgan fingerprint density at radius 2 is 2.04 bits per heavy atom. The van der Waals surface area contributed by atoms with Crippen LogP contribution in [0.25, 0.3) is 0 Å². The number of amides is 1. The number of phenols is 1. The fourth-order valence-corrected chi connectivity index (χ4v) is 2.42. The molecular weight excluding hydrogens is 332 g/mol. The summed E-state index contributed by atoms with van der Waals surface area (Å²) in [5, 5.41) is 19.5. The molecule has 0 saturated heterocycles. The van der Waals surface area contributed by atoms with Crippen LogP contribution in [0.1, 0.15) is 22.8 Å². The Morgan fingerprint density at radius 1 is 1.31 bits per heavy atom. The van der Waals surface area contributed by atoms with Crippen LogP contribution in [-0.4, -0.2) is 58.3 Å². The number of hydrogen-bond acceptors (Lipinski definition) is 4. The molecule has 8 nitrogen and oxygen atoms in total. The van der Waals surface area contributed by atoms with Crippen LogP contribution in [0, 0.1) is 0 Å². The van der Waals surface area contributed by atoms with Gasteiger partial charge in [-0.1, -0.05) is 0 Å². The molecule has 0 aliphatic rings. The first kappa shape index (κ1) is 19.3. The Bertz CT molecular complexity index is 738. The van der Waals surface area contributed by atoms with Gasteiger partial charge < -0.3 is 20.6 Å². The van der Waals surface area contributed by atoms with Crippen molar-refractivity contribution in [1.82, 2.24) is 25.3 Å². The Hall–Kier alpha value is -3.03. The monoisotopic (exact) mass is 358 g/mol. The van der Waals surface area contributed by atoms with Crippen molar-refractivity contribution in [3.63, 3.8) is 0 Å². The molecule has 0 aliphatic carbocycles. The van der Waals surface area contributed by atoms with Crippen LogP contribution in [0.3, 0.4) is 0 Å². The number of carbonyl (C=O) groups excluding carboxylic acids is 1. The van der Waals surface area contributed by atoms with Gasteiger partial charge in [-0.25, -0.2) is 0 Å². The second-order valence-electron chi connectivity index (χ2n) is 5.92. The zero-order valence-corrected chi connectivity index (χ0v) is 15.4. The predicted octanol–water partition coefficient (Wildman–Crippen LogP) is 0.953. The van der Waals surface area contributed by atoms with Crippen LogP contribution in [0.5, 0.6) is 5.75 Å². The smallest absolute Gasteiger partial charge is 0.251 e. The average Bonchev–Trinajstić information content (AvgIpc) is 3.02. The number of nitrogens with zero attached hydrogens (tertiary/aromatic N) is 4. The number of phenolic OH excluding ortho intramolecular Hbond substituents is 1. The number of aliphatic imine (C=N–C) groups is 1. The number of nitrogens with one attached hydrogen (secondary N) is 2. The predicted molar refractivity (Wildman–Crippen MR) is 101 cm³/mol. The highest BCUT2D eigenvalue weighted by Crippen LogP contribution is 2.09. The topological polar surface area (TPSA) is 94.8 Å². The molecule has 0 fully saturated rings. The first-order valence-electron chi connectivity index (χ1n) is 8.53. The van der Waals surface area contributed by atoms with Gasteiger partial charge >= 0.3 is 0 Å². The molecule has 1 aromatic heterocycles. The Kier molecular flexibility index (Phi) is 7.02. The van der Waals surface area contributed by atoms with Gasteiger partial charge in [0.2, 0.25) is 0 Å². The van der Waals surface area contributed by atoms with E-state index in [1.165, 1.54) is 12.1 Å². The summed E-state index contributed by atoms with van der Waals surface area (Å²) in [5.74, 6) is 0.724. The van der Waals surface area contributed by atoms with E-state index < -0.39 is 0 Å². The molecule has 0 spiro atoms. The number of rotatable bonds is 7. The Morgan fingerprint density at radius 3 is 2.65 bits per heavy atom. The maximum atomic E-state index is 12.0. The highest BCUT2D eigenvalue weighted by molar-refractivity contribution is 5.94. The highest BCUT2D eigenvalue weighted by atomic mass is 16.3. The van der Waals surface area contributed by atoms with Gasteiger partial charge in [0.25, 0.3) is 5.91 Å². The quantitative estimate of drug-likeness (QED) is 0.389. The van der Waals surface area contributed by atoms with Gasteiger partial charge in [-0.15, -0.1) is 0 Å². The van der Waals surface area contributed by atoms with Crippen LogP contribution >= 0.6 is 0 Å². The summed E-state index contributed by atoms with van der Waals surface area (Å²) >= 11 is 0. The zero-order chi connectivity index (χ0) is 18.9. The van der Waals surface area contributed by atoms with E-state index in [-0.39, 0.29) is 11.7 Å². The molecule has 26 heavy (non-hydrogen) atoms. The lowest BCUT2D eigenvalue weighted by Crippen LogP contribution is -2.39. The van der Waals surface area contributed by atoms with Crippen molar-refractivity contribution >= 4 is 11.9 Å². The van der Waals surface area contributed by atoms with Gasteiger partial charge in [-0.2, -0.15) is 5.10 Å². The number of aromatic nitrogens is 2. The lowest BCUT2D eigenvalue weighted by atomic mass is 10.2. The van der Waals surface area contributed by atoms with Crippen molar-refractivity contribution in [2.45, 2.75) is 13.5 Å². The van der Waals surface area contributed by atoms with Crippen LogP contribution in [0.2, 0.25) is 0 Å². The summed E-state index contributed by atoms with van der Waals surface area (Å²) in [6, 6.07) is 6.15. The second-order valence-corrected chi connectivity index (χ2v) is 5.92. The molecule has 2 aromatic rings. The largest absolute Gasteiger partial charge is 0.508 e. The molecule has 0 aliphatic heterocycles. The SMILES string of the molecule is CCNC(=NCCNC(=O)c1ccc(O)cc1)N(C)Cc1cnn(C)c1. The summed E-state index contributed by atoms with van der Waals surface area (Å²) in [4.78, 5) is 18.6. The van der Waals surface area contributed by atoms with Crippen molar-refractivity contribution in [3.05, 3.63) is 47.8 Å². The van der Waals surface area contributed by atoms with Crippen molar-refractivity contribution in [3.8, 4) is 5.75 Å². The van der Waals surface area contributed by atoms with Gasteiger partial charge in [-0.3, -0.25) is 14.5 Å². The molecule has 0 unspecified atom stereocenters. The minimum absolute atomic E-state index is 0.137. The Labute approximate surface area is 153 Å². The fourth-order valence-electron chi connectivity index (χ4n) is 2.42. The molecule has 1 amide bonds. The number of hydrogen-bond donors (Lipinski definition) is 3. The van der Waals surface area contributed by atoms with E-state index >= 15 is 0 Å². The van der Waals surface area contributed by atoms with E-state index in [9.17, 15) is 9.90 Å². The summed E-state index contributed by atoms with van der Waals surface area (Å²) in [7, 11) is 3.85. The van der Waals surface area contributed by atoms with Crippen LogP contribution < -0.4 is 10.6 Å².